The van der Waals surface area contributed by atoms with Crippen molar-refractivity contribution in [2.45, 2.75) is 53.1 Å². The van der Waals surface area contributed by atoms with E-state index in [9.17, 15) is 4.79 Å². The quantitative estimate of drug-likeness (QED) is 0.623. The van der Waals surface area contributed by atoms with Crippen molar-refractivity contribution in [2.75, 3.05) is 18.0 Å². The first-order valence-electron chi connectivity index (χ1n) is 8.95. The number of nitrogens with zero attached hydrogens (tertiary/aromatic N) is 2. The number of rotatable bonds is 6. The van der Waals surface area contributed by atoms with Crippen LogP contribution >= 0.6 is 0 Å². The summed E-state index contributed by atoms with van der Waals surface area (Å²) in [5.74, 6) is 1.62. The van der Waals surface area contributed by atoms with E-state index in [1.807, 2.05) is 17.0 Å². The van der Waals surface area contributed by atoms with E-state index in [-0.39, 0.29) is 5.91 Å². The summed E-state index contributed by atoms with van der Waals surface area (Å²) in [6, 6.07) is 8.52. The molecular formula is C19H30N4O. The van der Waals surface area contributed by atoms with Gasteiger partial charge in [0.05, 0.1) is 6.54 Å². The lowest BCUT2D eigenvalue weighted by atomic mass is 10.1. The summed E-state index contributed by atoms with van der Waals surface area (Å²) >= 11 is 0. The summed E-state index contributed by atoms with van der Waals surface area (Å²) in [7, 11) is 0. The Morgan fingerprint density at radius 1 is 1.25 bits per heavy atom. The number of guanidine groups is 1. The van der Waals surface area contributed by atoms with E-state index in [2.05, 4.69) is 55.5 Å². The van der Waals surface area contributed by atoms with E-state index in [0.29, 0.717) is 24.9 Å². The van der Waals surface area contributed by atoms with Gasteiger partial charge in [-0.2, -0.15) is 0 Å². The van der Waals surface area contributed by atoms with Gasteiger partial charge < -0.3 is 15.5 Å². The summed E-state index contributed by atoms with van der Waals surface area (Å²) in [5, 5.41) is 6.72. The van der Waals surface area contributed by atoms with E-state index >= 15 is 0 Å². The maximum atomic E-state index is 11.8. The summed E-state index contributed by atoms with van der Waals surface area (Å²) in [4.78, 5) is 18.3. The topological polar surface area (TPSA) is 56.7 Å². The number of carbonyl (C=O) groups excluding carboxylic acids is 1. The number of anilines is 1. The van der Waals surface area contributed by atoms with E-state index in [1.165, 1.54) is 0 Å². The fourth-order valence-corrected chi connectivity index (χ4v) is 2.58. The van der Waals surface area contributed by atoms with Crippen molar-refractivity contribution >= 4 is 17.6 Å². The molecule has 1 atom stereocenters. The van der Waals surface area contributed by atoms with Crippen LogP contribution in [0.4, 0.5) is 5.69 Å². The molecule has 0 radical (unpaired) electrons. The minimum atomic E-state index is 0.224. The molecule has 1 aromatic carbocycles. The highest BCUT2D eigenvalue weighted by Crippen LogP contribution is 2.21. The smallest absolute Gasteiger partial charge is 0.227 e. The van der Waals surface area contributed by atoms with Gasteiger partial charge in [-0.3, -0.25) is 4.79 Å². The third-order valence-electron chi connectivity index (χ3n) is 4.45. The molecule has 1 aliphatic rings. The molecule has 0 saturated carbocycles. The zero-order chi connectivity index (χ0) is 17.5. The number of aliphatic imine (C=N–C) groups is 1. The Hall–Kier alpha value is -2.04. The van der Waals surface area contributed by atoms with Gasteiger partial charge in [0.1, 0.15) is 0 Å². The van der Waals surface area contributed by atoms with E-state index in [1.54, 1.807) is 0 Å². The normalized spacial score (nSPS) is 16.6. The minimum absolute atomic E-state index is 0.224. The molecule has 1 fully saturated rings. The van der Waals surface area contributed by atoms with Crippen LogP contribution in [0, 0.1) is 5.92 Å². The average Bonchev–Trinajstić information content (AvgIpc) is 2.99. The molecule has 0 spiro atoms. The molecule has 0 aromatic heterocycles. The van der Waals surface area contributed by atoms with E-state index in [0.717, 1.165) is 36.7 Å². The standard InChI is InChI=1S/C19H30N4O/c1-5-20-19(22-15(4)14(2)3)21-13-16-8-10-17(11-9-16)23-12-6-7-18(23)24/h8-11,14-15H,5-7,12-13H2,1-4H3,(H2,20,21,22). The Balaban J connectivity index is 1.99. The zero-order valence-corrected chi connectivity index (χ0v) is 15.3. The molecule has 0 bridgehead atoms. The monoisotopic (exact) mass is 330 g/mol. The molecule has 5 nitrogen and oxygen atoms in total. The minimum Gasteiger partial charge on any atom is -0.357 e. The Morgan fingerprint density at radius 3 is 2.50 bits per heavy atom. The molecule has 1 heterocycles. The van der Waals surface area contributed by atoms with Gasteiger partial charge in [-0.25, -0.2) is 4.99 Å². The largest absolute Gasteiger partial charge is 0.357 e. The molecule has 2 rings (SSSR count). The second kappa shape index (κ2) is 8.71. The van der Waals surface area contributed by atoms with Crippen molar-refractivity contribution in [3.8, 4) is 0 Å². The van der Waals surface area contributed by atoms with Crippen LogP contribution in [0.3, 0.4) is 0 Å². The molecule has 1 aliphatic heterocycles. The number of carbonyl (C=O) groups is 1. The number of hydrogen-bond acceptors (Lipinski definition) is 2. The van der Waals surface area contributed by atoms with Gasteiger partial charge in [-0.15, -0.1) is 0 Å². The maximum Gasteiger partial charge on any atom is 0.227 e. The molecule has 1 amide bonds. The first-order valence-corrected chi connectivity index (χ1v) is 8.95. The second-order valence-electron chi connectivity index (χ2n) is 6.69. The van der Waals surface area contributed by atoms with Crippen LogP contribution < -0.4 is 15.5 Å². The lowest BCUT2D eigenvalue weighted by molar-refractivity contribution is -0.117. The second-order valence-corrected chi connectivity index (χ2v) is 6.69. The SMILES string of the molecule is CCNC(=NCc1ccc(N2CCCC2=O)cc1)NC(C)C(C)C. The number of nitrogens with one attached hydrogen (secondary N) is 2. The van der Waals surface area contributed by atoms with Crippen molar-refractivity contribution in [3.63, 3.8) is 0 Å². The number of benzene rings is 1. The fraction of sp³-hybridized carbons (Fsp3) is 0.579. The first-order chi connectivity index (χ1) is 11.5. The molecule has 2 N–H and O–H groups in total. The van der Waals surface area contributed by atoms with E-state index in [4.69, 9.17) is 0 Å². The van der Waals surface area contributed by atoms with Crippen LogP contribution in [0.2, 0.25) is 0 Å². The van der Waals surface area contributed by atoms with Crippen molar-refractivity contribution in [3.05, 3.63) is 29.8 Å². The molecule has 132 valence electrons. The molecule has 1 aromatic rings. The first kappa shape index (κ1) is 18.3. The van der Waals surface area contributed by atoms with Gasteiger partial charge in [0.2, 0.25) is 5.91 Å². The summed E-state index contributed by atoms with van der Waals surface area (Å²) in [6.45, 7) is 10.9. The van der Waals surface area contributed by atoms with Crippen LogP contribution in [-0.2, 0) is 11.3 Å². The Morgan fingerprint density at radius 2 is 1.96 bits per heavy atom. The summed E-state index contributed by atoms with van der Waals surface area (Å²) in [5.41, 5.74) is 2.13. The fourth-order valence-electron chi connectivity index (χ4n) is 2.58. The number of amides is 1. The highest BCUT2D eigenvalue weighted by Gasteiger charge is 2.21. The van der Waals surface area contributed by atoms with Crippen molar-refractivity contribution < 1.29 is 4.79 Å². The zero-order valence-electron chi connectivity index (χ0n) is 15.3. The third kappa shape index (κ3) is 4.98. The summed E-state index contributed by atoms with van der Waals surface area (Å²) in [6.07, 6.45) is 1.62. The maximum absolute atomic E-state index is 11.8. The van der Waals surface area contributed by atoms with Crippen LogP contribution in [-0.4, -0.2) is 31.0 Å². The highest BCUT2D eigenvalue weighted by atomic mass is 16.2. The number of hydrogen-bond donors (Lipinski definition) is 2. The predicted molar refractivity (Wildman–Crippen MR) is 100 cm³/mol. The van der Waals surface area contributed by atoms with Gasteiger partial charge in [0.15, 0.2) is 5.96 Å². The van der Waals surface area contributed by atoms with Crippen molar-refractivity contribution in [1.29, 1.82) is 0 Å². The van der Waals surface area contributed by atoms with E-state index < -0.39 is 0 Å². The Labute approximate surface area is 145 Å². The Bertz CT molecular complexity index is 565. The molecule has 1 unspecified atom stereocenters. The van der Waals surface area contributed by atoms with Crippen molar-refractivity contribution in [2.24, 2.45) is 10.9 Å². The van der Waals surface area contributed by atoms with Gasteiger partial charge in [0.25, 0.3) is 0 Å². The van der Waals surface area contributed by atoms with Crippen LogP contribution in [0.25, 0.3) is 0 Å². The van der Waals surface area contributed by atoms with Crippen LogP contribution in [0.1, 0.15) is 46.1 Å². The predicted octanol–water partition coefficient (Wildman–Crippen LogP) is 2.91. The van der Waals surface area contributed by atoms with Crippen LogP contribution in [0.15, 0.2) is 29.3 Å². The van der Waals surface area contributed by atoms with Gasteiger partial charge in [-0.1, -0.05) is 26.0 Å². The molecule has 1 saturated heterocycles. The third-order valence-corrected chi connectivity index (χ3v) is 4.45. The average molecular weight is 330 g/mol. The van der Waals surface area contributed by atoms with Crippen LogP contribution in [0.5, 0.6) is 0 Å². The highest BCUT2D eigenvalue weighted by molar-refractivity contribution is 5.95. The van der Waals surface area contributed by atoms with Crippen molar-refractivity contribution in [1.82, 2.24) is 10.6 Å². The molecule has 5 heteroatoms. The van der Waals surface area contributed by atoms with Gasteiger partial charge in [0, 0.05) is 31.2 Å². The lowest BCUT2D eigenvalue weighted by Gasteiger charge is -2.20. The summed E-state index contributed by atoms with van der Waals surface area (Å²) < 4.78 is 0. The van der Waals surface area contributed by atoms with Gasteiger partial charge in [-0.05, 0) is 43.9 Å². The Kier molecular flexibility index (Phi) is 6.64. The molecular weight excluding hydrogens is 300 g/mol. The molecule has 0 aliphatic carbocycles. The lowest BCUT2D eigenvalue weighted by Crippen LogP contribution is -2.44. The molecule has 24 heavy (non-hydrogen) atoms. The van der Waals surface area contributed by atoms with Gasteiger partial charge >= 0.3 is 0 Å².